The Bertz CT molecular complexity index is 1010. The third kappa shape index (κ3) is 4.12. The smallest absolute Gasteiger partial charge is 0.312 e. The Hall–Kier alpha value is -2.59. The minimum atomic E-state index is -3.88. The molecule has 0 aromatic heterocycles. The number of nitrogens with zero attached hydrogens (tertiary/aromatic N) is 2. The van der Waals surface area contributed by atoms with Gasteiger partial charge in [-0.3, -0.25) is 10.1 Å². The second kappa shape index (κ2) is 7.80. The Balaban J connectivity index is 1.92. The van der Waals surface area contributed by atoms with E-state index in [1.54, 1.807) is 0 Å². The maximum Gasteiger partial charge on any atom is 0.312 e. The van der Waals surface area contributed by atoms with Gasteiger partial charge in [-0.05, 0) is 43.0 Å². The number of ether oxygens (including phenoxy) is 1. The van der Waals surface area contributed by atoms with E-state index in [1.807, 2.05) is 6.92 Å². The van der Waals surface area contributed by atoms with Gasteiger partial charge in [-0.15, -0.1) is 0 Å². The first kappa shape index (κ1) is 20.2. The largest absolute Gasteiger partial charge is 0.450 e. The van der Waals surface area contributed by atoms with Crippen LogP contribution in [0, 0.1) is 27.7 Å². The number of piperidine rings is 1. The number of benzene rings is 2. The maximum atomic E-state index is 13.3. The van der Waals surface area contributed by atoms with Gasteiger partial charge >= 0.3 is 5.69 Å². The molecule has 0 saturated carbocycles. The summed E-state index contributed by atoms with van der Waals surface area (Å²) in [7, 11) is -3.88. The highest BCUT2D eigenvalue weighted by molar-refractivity contribution is 7.89. The lowest BCUT2D eigenvalue weighted by atomic mass is 10.0. The number of sulfonamides is 1. The van der Waals surface area contributed by atoms with Crippen LogP contribution >= 0.6 is 0 Å². The lowest BCUT2D eigenvalue weighted by molar-refractivity contribution is -0.385. The predicted octanol–water partition coefficient (Wildman–Crippen LogP) is 4.09. The Kier molecular flexibility index (Phi) is 5.61. The maximum absolute atomic E-state index is 13.3. The van der Waals surface area contributed by atoms with Gasteiger partial charge in [-0.1, -0.05) is 6.92 Å². The summed E-state index contributed by atoms with van der Waals surface area (Å²) in [6, 6.07) is 5.95. The highest BCUT2D eigenvalue weighted by Gasteiger charge is 2.30. The number of halogens is 2. The molecule has 0 aliphatic carbocycles. The topological polar surface area (TPSA) is 89.8 Å². The van der Waals surface area contributed by atoms with Crippen molar-refractivity contribution >= 4 is 15.7 Å². The van der Waals surface area contributed by atoms with E-state index < -0.39 is 32.3 Å². The molecule has 1 heterocycles. The SMILES string of the molecule is CC1CCN(S(=O)(=O)c2ccc(Oc3ccc(F)c(F)c3)c([N+](=O)[O-])c2)CC1. The number of rotatable bonds is 5. The molecule has 0 amide bonds. The summed E-state index contributed by atoms with van der Waals surface area (Å²) in [5, 5.41) is 11.4. The zero-order chi connectivity index (χ0) is 20.5. The van der Waals surface area contributed by atoms with E-state index in [0.29, 0.717) is 19.0 Å². The lowest BCUT2D eigenvalue weighted by Gasteiger charge is -2.29. The van der Waals surface area contributed by atoms with Crippen LogP contribution in [0.2, 0.25) is 0 Å². The monoisotopic (exact) mass is 412 g/mol. The molecule has 1 fully saturated rings. The summed E-state index contributed by atoms with van der Waals surface area (Å²) in [5.41, 5.74) is -0.587. The Morgan fingerprint density at radius 2 is 1.79 bits per heavy atom. The van der Waals surface area contributed by atoms with Crippen LogP contribution in [0.15, 0.2) is 41.3 Å². The molecule has 3 rings (SSSR count). The van der Waals surface area contributed by atoms with Gasteiger partial charge in [0.15, 0.2) is 11.6 Å². The van der Waals surface area contributed by atoms with E-state index in [4.69, 9.17) is 4.74 Å². The molecule has 7 nitrogen and oxygen atoms in total. The van der Waals surface area contributed by atoms with Crippen molar-refractivity contribution in [3.63, 3.8) is 0 Å². The van der Waals surface area contributed by atoms with Crippen molar-refractivity contribution in [3.05, 3.63) is 58.1 Å². The number of hydrogen-bond acceptors (Lipinski definition) is 5. The van der Waals surface area contributed by atoms with Crippen LogP contribution in [0.25, 0.3) is 0 Å². The van der Waals surface area contributed by atoms with E-state index in [9.17, 15) is 27.3 Å². The molecule has 150 valence electrons. The fourth-order valence-electron chi connectivity index (χ4n) is 2.93. The minimum absolute atomic E-state index is 0.150. The van der Waals surface area contributed by atoms with Crippen LogP contribution in [0.4, 0.5) is 14.5 Å². The molecule has 1 aliphatic rings. The van der Waals surface area contributed by atoms with E-state index >= 15 is 0 Å². The standard InChI is InChI=1S/C18H18F2N2O5S/c1-12-6-8-21(9-7-12)28(25,26)14-3-5-18(17(11-14)22(23)24)27-13-2-4-15(19)16(20)10-13/h2-5,10-12H,6-9H2,1H3. The van der Waals surface area contributed by atoms with Gasteiger partial charge in [0.25, 0.3) is 0 Å². The molecule has 1 aliphatic heterocycles. The Labute approximate surface area is 160 Å². The van der Waals surface area contributed by atoms with Crippen molar-refractivity contribution in [2.24, 2.45) is 5.92 Å². The third-order valence-corrected chi connectivity index (χ3v) is 6.52. The van der Waals surface area contributed by atoms with E-state index in [1.165, 1.54) is 10.4 Å². The van der Waals surface area contributed by atoms with Crippen molar-refractivity contribution in [1.29, 1.82) is 0 Å². The summed E-state index contributed by atoms with van der Waals surface area (Å²) >= 11 is 0. The van der Waals surface area contributed by atoms with Crippen molar-refractivity contribution in [3.8, 4) is 11.5 Å². The summed E-state index contributed by atoms with van der Waals surface area (Å²) in [6.45, 7) is 2.74. The summed E-state index contributed by atoms with van der Waals surface area (Å²) < 4.78 is 58.5. The second-order valence-electron chi connectivity index (χ2n) is 6.65. The molecule has 0 spiro atoms. The lowest BCUT2D eigenvalue weighted by Crippen LogP contribution is -2.37. The summed E-state index contributed by atoms with van der Waals surface area (Å²) in [4.78, 5) is 10.4. The summed E-state index contributed by atoms with van der Waals surface area (Å²) in [5.74, 6) is -2.25. The van der Waals surface area contributed by atoms with Crippen LogP contribution in [0.3, 0.4) is 0 Å². The molecular formula is C18H18F2N2O5S. The fraction of sp³-hybridized carbons (Fsp3) is 0.333. The Morgan fingerprint density at radius 3 is 2.39 bits per heavy atom. The number of nitro groups is 1. The predicted molar refractivity (Wildman–Crippen MR) is 96.7 cm³/mol. The van der Waals surface area contributed by atoms with Crippen molar-refractivity contribution < 1.29 is 26.9 Å². The zero-order valence-corrected chi connectivity index (χ0v) is 15.8. The second-order valence-corrected chi connectivity index (χ2v) is 8.59. The average molecular weight is 412 g/mol. The van der Waals surface area contributed by atoms with Crippen molar-refractivity contribution in [1.82, 2.24) is 4.31 Å². The molecule has 0 atom stereocenters. The molecule has 2 aromatic rings. The highest BCUT2D eigenvalue weighted by Crippen LogP contribution is 2.35. The van der Waals surface area contributed by atoms with E-state index in [-0.39, 0.29) is 16.4 Å². The highest BCUT2D eigenvalue weighted by atomic mass is 32.2. The first-order valence-electron chi connectivity index (χ1n) is 8.60. The molecule has 1 saturated heterocycles. The first-order valence-corrected chi connectivity index (χ1v) is 10.0. The molecule has 10 heteroatoms. The number of hydrogen-bond donors (Lipinski definition) is 0. The van der Waals surface area contributed by atoms with Gasteiger partial charge in [-0.2, -0.15) is 4.31 Å². The average Bonchev–Trinajstić information content (AvgIpc) is 2.65. The fourth-order valence-corrected chi connectivity index (χ4v) is 4.42. The zero-order valence-electron chi connectivity index (χ0n) is 15.0. The van der Waals surface area contributed by atoms with Crippen LogP contribution in [-0.4, -0.2) is 30.7 Å². The van der Waals surface area contributed by atoms with Gasteiger partial charge in [0, 0.05) is 25.2 Å². The summed E-state index contributed by atoms with van der Waals surface area (Å²) in [6.07, 6.45) is 1.44. The van der Waals surface area contributed by atoms with E-state index in [2.05, 4.69) is 0 Å². The molecule has 0 bridgehead atoms. The van der Waals surface area contributed by atoms with Crippen molar-refractivity contribution in [2.75, 3.05) is 13.1 Å². The van der Waals surface area contributed by atoms with Gasteiger partial charge in [0.2, 0.25) is 15.8 Å². The van der Waals surface area contributed by atoms with Crippen LogP contribution in [-0.2, 0) is 10.0 Å². The van der Waals surface area contributed by atoms with Gasteiger partial charge in [0.05, 0.1) is 9.82 Å². The normalized spacial score (nSPS) is 16.1. The quantitative estimate of drug-likeness (QED) is 0.545. The van der Waals surface area contributed by atoms with Gasteiger partial charge in [0.1, 0.15) is 5.75 Å². The molecular weight excluding hydrogens is 394 g/mol. The van der Waals surface area contributed by atoms with Gasteiger partial charge in [-0.25, -0.2) is 17.2 Å². The van der Waals surface area contributed by atoms with Gasteiger partial charge < -0.3 is 4.74 Å². The number of nitro benzene ring substituents is 1. The van der Waals surface area contributed by atoms with Crippen molar-refractivity contribution in [2.45, 2.75) is 24.7 Å². The third-order valence-electron chi connectivity index (χ3n) is 4.63. The minimum Gasteiger partial charge on any atom is -0.450 e. The molecule has 2 aromatic carbocycles. The molecule has 0 N–H and O–H groups in total. The van der Waals surface area contributed by atoms with Crippen LogP contribution in [0.5, 0.6) is 11.5 Å². The Morgan fingerprint density at radius 1 is 1.11 bits per heavy atom. The molecule has 28 heavy (non-hydrogen) atoms. The molecule has 0 unspecified atom stereocenters. The first-order chi connectivity index (χ1) is 13.2. The van der Waals surface area contributed by atoms with Crippen LogP contribution < -0.4 is 4.74 Å². The van der Waals surface area contributed by atoms with E-state index in [0.717, 1.165) is 43.2 Å². The molecule has 0 radical (unpaired) electrons. The van der Waals surface area contributed by atoms with Crippen LogP contribution in [0.1, 0.15) is 19.8 Å².